The first kappa shape index (κ1) is 13.3. The van der Waals surface area contributed by atoms with Crippen LogP contribution in [-0.4, -0.2) is 57.7 Å². The number of aliphatic carboxylic acids is 1. The topological polar surface area (TPSA) is 69.6 Å². The van der Waals surface area contributed by atoms with Crippen molar-refractivity contribution in [1.82, 2.24) is 14.9 Å². The Morgan fingerprint density at radius 1 is 1.15 bits per heavy atom. The van der Waals surface area contributed by atoms with E-state index in [0.29, 0.717) is 6.04 Å². The maximum Gasteiger partial charge on any atom is 0.320 e. The van der Waals surface area contributed by atoms with Crippen molar-refractivity contribution in [2.75, 3.05) is 24.5 Å². The number of nitrogens with zero attached hydrogens (tertiary/aromatic N) is 4. The second-order valence-electron chi connectivity index (χ2n) is 5.50. The van der Waals surface area contributed by atoms with Crippen LogP contribution in [-0.2, 0) is 4.79 Å². The molecule has 20 heavy (non-hydrogen) atoms. The third-order valence-electron chi connectivity index (χ3n) is 4.35. The molecule has 6 nitrogen and oxygen atoms in total. The van der Waals surface area contributed by atoms with E-state index in [1.807, 2.05) is 6.07 Å². The Hall–Kier alpha value is -1.69. The van der Waals surface area contributed by atoms with Crippen LogP contribution in [0.15, 0.2) is 18.5 Å². The van der Waals surface area contributed by atoms with E-state index >= 15 is 0 Å². The number of carboxylic acids is 1. The van der Waals surface area contributed by atoms with Gasteiger partial charge in [-0.2, -0.15) is 0 Å². The zero-order chi connectivity index (χ0) is 13.9. The lowest BCUT2D eigenvalue weighted by molar-refractivity contribution is -0.143. The van der Waals surface area contributed by atoms with Crippen molar-refractivity contribution in [2.45, 2.75) is 37.8 Å². The highest BCUT2D eigenvalue weighted by molar-refractivity contribution is 5.73. The average Bonchev–Trinajstić information content (AvgIpc) is 2.98. The van der Waals surface area contributed by atoms with Gasteiger partial charge in [-0.15, -0.1) is 0 Å². The molecule has 0 aromatic carbocycles. The van der Waals surface area contributed by atoms with E-state index in [-0.39, 0.29) is 6.04 Å². The van der Waals surface area contributed by atoms with Crippen molar-refractivity contribution in [1.29, 1.82) is 0 Å². The summed E-state index contributed by atoms with van der Waals surface area (Å²) in [5.74, 6) is 0.110. The van der Waals surface area contributed by atoms with Crippen LogP contribution in [0, 0.1) is 0 Å². The van der Waals surface area contributed by atoms with Gasteiger partial charge in [-0.3, -0.25) is 9.69 Å². The van der Waals surface area contributed by atoms with Crippen LogP contribution in [0.4, 0.5) is 5.95 Å². The number of anilines is 1. The van der Waals surface area contributed by atoms with Crippen molar-refractivity contribution in [2.24, 2.45) is 0 Å². The van der Waals surface area contributed by atoms with Gasteiger partial charge in [0.05, 0.1) is 0 Å². The van der Waals surface area contributed by atoms with Crippen molar-refractivity contribution in [3.05, 3.63) is 18.5 Å². The Kier molecular flexibility index (Phi) is 3.82. The van der Waals surface area contributed by atoms with E-state index in [4.69, 9.17) is 0 Å². The van der Waals surface area contributed by atoms with Crippen LogP contribution in [0.1, 0.15) is 25.7 Å². The zero-order valence-corrected chi connectivity index (χ0v) is 11.5. The molecule has 0 bridgehead atoms. The normalized spacial score (nSPS) is 25.0. The van der Waals surface area contributed by atoms with Crippen LogP contribution in [0.2, 0.25) is 0 Å². The molecule has 1 aromatic heterocycles. The van der Waals surface area contributed by atoms with Crippen molar-refractivity contribution >= 4 is 11.9 Å². The summed E-state index contributed by atoms with van der Waals surface area (Å²) in [5, 5.41) is 9.27. The molecule has 0 radical (unpaired) electrons. The smallest absolute Gasteiger partial charge is 0.320 e. The van der Waals surface area contributed by atoms with Crippen molar-refractivity contribution < 1.29 is 9.90 Å². The summed E-state index contributed by atoms with van der Waals surface area (Å²) < 4.78 is 0. The number of aromatic nitrogens is 2. The Labute approximate surface area is 118 Å². The van der Waals surface area contributed by atoms with E-state index in [0.717, 1.165) is 51.3 Å². The van der Waals surface area contributed by atoms with Crippen LogP contribution >= 0.6 is 0 Å². The van der Waals surface area contributed by atoms with Gasteiger partial charge in [-0.1, -0.05) is 0 Å². The summed E-state index contributed by atoms with van der Waals surface area (Å²) in [7, 11) is 0. The molecule has 0 spiro atoms. The highest BCUT2D eigenvalue weighted by Crippen LogP contribution is 2.27. The summed E-state index contributed by atoms with van der Waals surface area (Å²) in [6.07, 6.45) is 7.28. The summed E-state index contributed by atoms with van der Waals surface area (Å²) in [6, 6.07) is 1.93. The number of rotatable bonds is 3. The van der Waals surface area contributed by atoms with Crippen LogP contribution < -0.4 is 4.90 Å². The molecular formula is C14H20N4O2. The van der Waals surface area contributed by atoms with Gasteiger partial charge in [-0.25, -0.2) is 9.97 Å². The average molecular weight is 276 g/mol. The fourth-order valence-electron chi connectivity index (χ4n) is 3.34. The number of hydrogen-bond donors (Lipinski definition) is 1. The number of hydrogen-bond acceptors (Lipinski definition) is 5. The minimum Gasteiger partial charge on any atom is -0.480 e. The molecule has 1 unspecified atom stereocenters. The second-order valence-corrected chi connectivity index (χ2v) is 5.50. The van der Waals surface area contributed by atoms with Gasteiger partial charge in [0, 0.05) is 31.5 Å². The first-order valence-electron chi connectivity index (χ1n) is 7.26. The Morgan fingerprint density at radius 3 is 2.50 bits per heavy atom. The fourth-order valence-corrected chi connectivity index (χ4v) is 3.34. The molecule has 1 aromatic rings. The lowest BCUT2D eigenvalue weighted by Crippen LogP contribution is -2.49. The highest BCUT2D eigenvalue weighted by Gasteiger charge is 2.36. The second kappa shape index (κ2) is 5.75. The summed E-state index contributed by atoms with van der Waals surface area (Å²) in [6.45, 7) is 2.72. The highest BCUT2D eigenvalue weighted by atomic mass is 16.4. The fraction of sp³-hybridized carbons (Fsp3) is 0.643. The molecule has 0 aliphatic carbocycles. The maximum absolute atomic E-state index is 11.3. The molecule has 2 aliphatic heterocycles. The predicted molar refractivity (Wildman–Crippen MR) is 74.6 cm³/mol. The van der Waals surface area contributed by atoms with Crippen LogP contribution in [0.25, 0.3) is 0 Å². The number of carboxylic acid groups (broad SMARTS) is 1. The van der Waals surface area contributed by atoms with Crippen LogP contribution in [0.3, 0.4) is 0 Å². The largest absolute Gasteiger partial charge is 0.480 e. The third kappa shape index (κ3) is 2.60. The Bertz CT molecular complexity index is 460. The number of likely N-dealkylation sites (tertiary alicyclic amines) is 1. The molecule has 6 heteroatoms. The molecule has 2 fully saturated rings. The standard InChI is InChI=1S/C14H20N4O2/c19-13(20)12-3-1-8-18(12)11-4-9-17(10-5-11)14-15-6-2-7-16-14/h2,6-7,11-12H,1,3-5,8-10H2,(H,19,20). The molecule has 1 N–H and O–H groups in total. The van der Waals surface area contributed by atoms with Gasteiger partial charge >= 0.3 is 5.97 Å². The lowest BCUT2D eigenvalue weighted by atomic mass is 10.0. The third-order valence-corrected chi connectivity index (χ3v) is 4.35. The molecule has 108 valence electrons. The van der Waals surface area contributed by atoms with E-state index < -0.39 is 5.97 Å². The molecule has 0 amide bonds. The first-order valence-corrected chi connectivity index (χ1v) is 7.26. The van der Waals surface area contributed by atoms with Crippen molar-refractivity contribution in [3.8, 4) is 0 Å². The minimum atomic E-state index is -0.670. The maximum atomic E-state index is 11.3. The quantitative estimate of drug-likeness (QED) is 0.888. The molecule has 1 atom stereocenters. The first-order chi connectivity index (χ1) is 9.75. The SMILES string of the molecule is O=C(O)C1CCCN1C1CCN(c2ncccn2)CC1. The van der Waals surface area contributed by atoms with Gasteiger partial charge in [0.25, 0.3) is 0 Å². The van der Waals surface area contributed by atoms with Gasteiger partial charge < -0.3 is 10.0 Å². The number of carbonyl (C=O) groups is 1. The minimum absolute atomic E-state index is 0.278. The molecule has 3 heterocycles. The Morgan fingerprint density at radius 2 is 1.85 bits per heavy atom. The van der Waals surface area contributed by atoms with E-state index in [2.05, 4.69) is 19.8 Å². The monoisotopic (exact) mass is 276 g/mol. The molecule has 2 saturated heterocycles. The predicted octanol–water partition coefficient (Wildman–Crippen LogP) is 0.994. The van der Waals surface area contributed by atoms with E-state index in [9.17, 15) is 9.90 Å². The zero-order valence-electron chi connectivity index (χ0n) is 11.5. The Balaban J connectivity index is 1.60. The number of piperidine rings is 1. The van der Waals surface area contributed by atoms with E-state index in [1.54, 1.807) is 12.4 Å². The van der Waals surface area contributed by atoms with E-state index in [1.165, 1.54) is 0 Å². The van der Waals surface area contributed by atoms with Crippen molar-refractivity contribution in [3.63, 3.8) is 0 Å². The molecular weight excluding hydrogens is 256 g/mol. The van der Waals surface area contributed by atoms with Gasteiger partial charge in [0.2, 0.25) is 5.95 Å². The lowest BCUT2D eigenvalue weighted by Gasteiger charge is -2.38. The molecule has 2 aliphatic rings. The summed E-state index contributed by atoms with van der Waals surface area (Å²) >= 11 is 0. The van der Waals surface area contributed by atoms with Gasteiger partial charge in [0.15, 0.2) is 0 Å². The summed E-state index contributed by atoms with van der Waals surface area (Å²) in [4.78, 5) is 24.2. The molecule has 3 rings (SSSR count). The van der Waals surface area contributed by atoms with Crippen LogP contribution in [0.5, 0.6) is 0 Å². The summed E-state index contributed by atoms with van der Waals surface area (Å²) in [5.41, 5.74) is 0. The molecule has 0 saturated carbocycles. The van der Waals surface area contributed by atoms with Gasteiger partial charge in [-0.05, 0) is 38.3 Å². The van der Waals surface area contributed by atoms with Gasteiger partial charge in [0.1, 0.15) is 6.04 Å².